The van der Waals surface area contributed by atoms with E-state index < -0.39 is 0 Å². The molecule has 72 valence electrons. The molecule has 0 saturated heterocycles. The zero-order chi connectivity index (χ0) is 9.84. The molecule has 0 spiro atoms. The van der Waals surface area contributed by atoms with E-state index in [-0.39, 0.29) is 11.7 Å². The zero-order valence-corrected chi connectivity index (χ0v) is 8.01. The normalized spacial score (nSPS) is 12.9. The van der Waals surface area contributed by atoms with Crippen LogP contribution in [0.15, 0.2) is 18.2 Å². The molecule has 0 aliphatic carbocycles. The monoisotopic (exact) mass is 203 g/mol. The average Bonchev–Trinajstić information content (AvgIpc) is 2.03. The van der Waals surface area contributed by atoms with Gasteiger partial charge in [0, 0.05) is 10.9 Å². The summed E-state index contributed by atoms with van der Waals surface area (Å²) >= 11 is 5.68. The van der Waals surface area contributed by atoms with Gasteiger partial charge in [-0.25, -0.2) is 10.3 Å². The molecule has 1 aromatic carbocycles. The highest BCUT2D eigenvalue weighted by atomic mass is 35.5. The SMILES string of the molecule is CC(CON)c1cc(F)cc(Cl)c1. The van der Waals surface area contributed by atoms with Crippen molar-refractivity contribution in [1.29, 1.82) is 0 Å². The maximum Gasteiger partial charge on any atom is 0.124 e. The Morgan fingerprint density at radius 2 is 2.23 bits per heavy atom. The number of benzene rings is 1. The molecular weight excluding hydrogens is 193 g/mol. The zero-order valence-electron chi connectivity index (χ0n) is 7.26. The van der Waals surface area contributed by atoms with Gasteiger partial charge in [-0.2, -0.15) is 0 Å². The van der Waals surface area contributed by atoms with E-state index in [1.807, 2.05) is 6.92 Å². The highest BCUT2D eigenvalue weighted by Crippen LogP contribution is 2.21. The lowest BCUT2D eigenvalue weighted by atomic mass is 10.0. The Balaban J connectivity index is 2.87. The Morgan fingerprint density at radius 1 is 1.54 bits per heavy atom. The van der Waals surface area contributed by atoms with E-state index in [2.05, 4.69) is 4.84 Å². The number of halogens is 2. The third-order valence-electron chi connectivity index (χ3n) is 1.80. The van der Waals surface area contributed by atoms with Crippen LogP contribution in [0.5, 0.6) is 0 Å². The second kappa shape index (κ2) is 4.56. The van der Waals surface area contributed by atoms with Crippen molar-refractivity contribution in [2.75, 3.05) is 6.61 Å². The van der Waals surface area contributed by atoms with Gasteiger partial charge in [-0.1, -0.05) is 18.5 Å². The molecule has 1 unspecified atom stereocenters. The van der Waals surface area contributed by atoms with Gasteiger partial charge >= 0.3 is 0 Å². The van der Waals surface area contributed by atoms with Crippen molar-refractivity contribution in [1.82, 2.24) is 0 Å². The van der Waals surface area contributed by atoms with Crippen LogP contribution in [0.3, 0.4) is 0 Å². The molecule has 0 fully saturated rings. The van der Waals surface area contributed by atoms with Crippen LogP contribution in [0.4, 0.5) is 4.39 Å². The molecule has 0 heterocycles. The quantitative estimate of drug-likeness (QED) is 0.766. The highest BCUT2D eigenvalue weighted by Gasteiger charge is 2.07. The first-order chi connectivity index (χ1) is 6.13. The third-order valence-corrected chi connectivity index (χ3v) is 2.02. The Morgan fingerprint density at radius 3 is 2.77 bits per heavy atom. The molecule has 1 aromatic rings. The first-order valence-electron chi connectivity index (χ1n) is 3.91. The van der Waals surface area contributed by atoms with Gasteiger partial charge in [-0.05, 0) is 23.8 Å². The minimum absolute atomic E-state index is 0.0400. The topological polar surface area (TPSA) is 35.2 Å². The van der Waals surface area contributed by atoms with E-state index in [1.54, 1.807) is 6.07 Å². The van der Waals surface area contributed by atoms with Gasteiger partial charge in [0.2, 0.25) is 0 Å². The van der Waals surface area contributed by atoms with Crippen molar-refractivity contribution < 1.29 is 9.23 Å². The van der Waals surface area contributed by atoms with Crippen molar-refractivity contribution in [2.45, 2.75) is 12.8 Å². The molecule has 1 rings (SSSR count). The average molecular weight is 204 g/mol. The Labute approximate surface area is 81.4 Å². The summed E-state index contributed by atoms with van der Waals surface area (Å²) in [5.74, 6) is 4.61. The molecule has 2 nitrogen and oxygen atoms in total. The van der Waals surface area contributed by atoms with E-state index in [1.165, 1.54) is 12.1 Å². The molecule has 0 radical (unpaired) electrons. The van der Waals surface area contributed by atoms with Gasteiger partial charge in [-0.3, -0.25) is 0 Å². The smallest absolute Gasteiger partial charge is 0.124 e. The fraction of sp³-hybridized carbons (Fsp3) is 0.333. The summed E-state index contributed by atoms with van der Waals surface area (Å²) in [6.45, 7) is 2.23. The predicted molar refractivity (Wildman–Crippen MR) is 50.0 cm³/mol. The van der Waals surface area contributed by atoms with Gasteiger partial charge in [0.05, 0.1) is 6.61 Å². The molecule has 4 heteroatoms. The maximum atomic E-state index is 12.9. The molecule has 1 atom stereocenters. The van der Waals surface area contributed by atoms with Crippen LogP contribution in [0.2, 0.25) is 5.02 Å². The van der Waals surface area contributed by atoms with Crippen molar-refractivity contribution in [3.8, 4) is 0 Å². The second-order valence-corrected chi connectivity index (χ2v) is 3.37. The van der Waals surface area contributed by atoms with Gasteiger partial charge in [0.25, 0.3) is 0 Å². The van der Waals surface area contributed by atoms with Crippen LogP contribution < -0.4 is 5.90 Å². The van der Waals surface area contributed by atoms with Crippen LogP contribution in [-0.4, -0.2) is 6.61 Å². The van der Waals surface area contributed by atoms with Crippen LogP contribution in [0.25, 0.3) is 0 Å². The first kappa shape index (κ1) is 10.4. The third kappa shape index (κ3) is 2.95. The van der Waals surface area contributed by atoms with Crippen molar-refractivity contribution in [3.63, 3.8) is 0 Å². The molecule has 0 amide bonds. The molecule has 2 N–H and O–H groups in total. The van der Waals surface area contributed by atoms with Crippen LogP contribution in [0.1, 0.15) is 18.4 Å². The number of nitrogens with two attached hydrogens (primary N) is 1. The summed E-state index contributed by atoms with van der Waals surface area (Å²) in [4.78, 5) is 4.47. The van der Waals surface area contributed by atoms with E-state index in [4.69, 9.17) is 17.5 Å². The number of rotatable bonds is 3. The predicted octanol–water partition coefficient (Wildman–Crippen LogP) is 2.47. The lowest BCUT2D eigenvalue weighted by Gasteiger charge is -2.10. The maximum absolute atomic E-state index is 12.9. The van der Waals surface area contributed by atoms with E-state index in [0.29, 0.717) is 11.6 Å². The van der Waals surface area contributed by atoms with Gasteiger partial charge in [0.1, 0.15) is 5.82 Å². The number of hydrogen-bond acceptors (Lipinski definition) is 2. The van der Waals surface area contributed by atoms with Gasteiger partial charge in [0.15, 0.2) is 0 Å². The van der Waals surface area contributed by atoms with Crippen molar-refractivity contribution >= 4 is 11.6 Å². The van der Waals surface area contributed by atoms with E-state index in [9.17, 15) is 4.39 Å². The summed E-state index contributed by atoms with van der Waals surface area (Å²) in [7, 11) is 0. The summed E-state index contributed by atoms with van der Waals surface area (Å²) < 4.78 is 12.9. The Bertz CT molecular complexity index is 273. The van der Waals surface area contributed by atoms with Crippen LogP contribution in [-0.2, 0) is 4.84 Å². The van der Waals surface area contributed by atoms with Crippen molar-refractivity contribution in [3.05, 3.63) is 34.6 Å². The van der Waals surface area contributed by atoms with Crippen LogP contribution in [0, 0.1) is 5.82 Å². The lowest BCUT2D eigenvalue weighted by molar-refractivity contribution is 0.126. The van der Waals surface area contributed by atoms with Crippen molar-refractivity contribution in [2.24, 2.45) is 5.90 Å². The fourth-order valence-corrected chi connectivity index (χ4v) is 1.33. The summed E-state index contributed by atoms with van der Waals surface area (Å²) in [5.41, 5.74) is 0.787. The standard InChI is InChI=1S/C9H11ClFNO/c1-6(5-13-12)7-2-8(10)4-9(11)3-7/h2-4,6H,5,12H2,1H3. The highest BCUT2D eigenvalue weighted by molar-refractivity contribution is 6.30. The molecular formula is C9H11ClFNO. The summed E-state index contributed by atoms with van der Waals surface area (Å²) in [5, 5.41) is 0.388. The largest absolute Gasteiger partial charge is 0.304 e. The minimum atomic E-state index is -0.341. The van der Waals surface area contributed by atoms with E-state index >= 15 is 0 Å². The van der Waals surface area contributed by atoms with E-state index in [0.717, 1.165) is 5.56 Å². The molecule has 13 heavy (non-hydrogen) atoms. The molecule has 0 aromatic heterocycles. The lowest BCUT2D eigenvalue weighted by Crippen LogP contribution is -2.08. The van der Waals surface area contributed by atoms with Crippen LogP contribution >= 0.6 is 11.6 Å². The number of hydrogen-bond donors (Lipinski definition) is 1. The molecule has 0 bridgehead atoms. The van der Waals surface area contributed by atoms with Gasteiger partial charge in [-0.15, -0.1) is 0 Å². The Kier molecular flexibility index (Phi) is 3.66. The summed E-state index contributed by atoms with van der Waals surface area (Å²) in [6, 6.07) is 4.39. The molecule has 0 aliphatic heterocycles. The second-order valence-electron chi connectivity index (χ2n) is 2.94. The molecule has 0 saturated carbocycles. The first-order valence-corrected chi connectivity index (χ1v) is 4.29. The Hall–Kier alpha value is -0.640. The summed E-state index contributed by atoms with van der Waals surface area (Å²) in [6.07, 6.45) is 0. The minimum Gasteiger partial charge on any atom is -0.304 e. The molecule has 0 aliphatic rings. The van der Waals surface area contributed by atoms with Gasteiger partial charge < -0.3 is 4.84 Å². The fourth-order valence-electron chi connectivity index (χ4n) is 1.10.